The normalized spacial score (nSPS) is 19.6. The second kappa shape index (κ2) is 14.9. The topological polar surface area (TPSA) is 89.3 Å². The van der Waals surface area contributed by atoms with Gasteiger partial charge in [0, 0.05) is 73.6 Å². The molecule has 0 saturated carbocycles. The van der Waals surface area contributed by atoms with Gasteiger partial charge in [-0.25, -0.2) is 0 Å². The summed E-state index contributed by atoms with van der Waals surface area (Å²) in [5.74, 6) is 6.93. The molecule has 0 aromatic heterocycles. The third-order valence-electron chi connectivity index (χ3n) is 8.69. The van der Waals surface area contributed by atoms with Crippen molar-refractivity contribution in [3.63, 3.8) is 0 Å². The lowest BCUT2D eigenvalue weighted by Gasteiger charge is -2.36. The van der Waals surface area contributed by atoms with Crippen LogP contribution in [-0.4, -0.2) is 112 Å². The van der Waals surface area contributed by atoms with E-state index in [9.17, 15) is 18.0 Å². The highest BCUT2D eigenvalue weighted by atomic mass is 32.2. The first-order valence-corrected chi connectivity index (χ1v) is 16.2. The molecule has 4 N–H and O–H groups in total. The number of likely N-dealkylation sites (tertiary alicyclic amines) is 1. The first-order chi connectivity index (χ1) is 21.6. The Labute approximate surface area is 267 Å². The van der Waals surface area contributed by atoms with E-state index in [-0.39, 0.29) is 18.5 Å². The Morgan fingerprint density at radius 3 is 2.53 bits per heavy atom. The summed E-state index contributed by atoms with van der Waals surface area (Å²) in [6.07, 6.45) is -2.26. The highest BCUT2D eigenvalue weighted by molar-refractivity contribution is 7.97. The van der Waals surface area contributed by atoms with Crippen LogP contribution in [0.15, 0.2) is 41.3 Å². The molecule has 45 heavy (non-hydrogen) atoms. The van der Waals surface area contributed by atoms with Gasteiger partial charge in [0.1, 0.15) is 12.3 Å². The van der Waals surface area contributed by atoms with Crippen LogP contribution in [-0.2, 0) is 11.2 Å². The number of ether oxygens (including phenoxy) is 1. The van der Waals surface area contributed by atoms with E-state index in [0.29, 0.717) is 24.4 Å². The summed E-state index contributed by atoms with van der Waals surface area (Å²) in [6.45, 7) is 4.57. The lowest BCUT2D eigenvalue weighted by Crippen LogP contribution is -2.51. The predicted octanol–water partition coefficient (Wildman–Crippen LogP) is 3.72. The number of carbonyl (C=O) groups is 1. The molecule has 5 rings (SSSR count). The number of piperidine rings is 1. The number of piperazine rings is 1. The highest BCUT2D eigenvalue weighted by Crippen LogP contribution is 2.39. The van der Waals surface area contributed by atoms with Crippen molar-refractivity contribution in [2.45, 2.75) is 42.4 Å². The number of fused-ring (bicyclic) bond motifs is 1. The number of rotatable bonds is 9. The Kier molecular flexibility index (Phi) is 10.9. The van der Waals surface area contributed by atoms with Crippen molar-refractivity contribution >= 4 is 34.9 Å². The largest absolute Gasteiger partial charge is 0.495 e. The minimum absolute atomic E-state index is 0.177. The molecule has 244 valence electrons. The van der Waals surface area contributed by atoms with Crippen molar-refractivity contribution in [3.05, 3.63) is 42.0 Å². The number of nitrogens with two attached hydrogens (primary N) is 1. The average molecular weight is 646 g/mol. The Morgan fingerprint density at radius 1 is 1.09 bits per heavy atom. The van der Waals surface area contributed by atoms with Gasteiger partial charge < -0.3 is 30.1 Å². The van der Waals surface area contributed by atoms with Crippen molar-refractivity contribution in [2.75, 3.05) is 88.6 Å². The number of hydrogen-bond donors (Lipinski definition) is 3. The molecule has 2 aromatic rings. The second-order valence-corrected chi connectivity index (χ2v) is 12.5. The summed E-state index contributed by atoms with van der Waals surface area (Å²) in [7, 11) is 3.64. The number of alkyl halides is 3. The molecule has 3 aliphatic rings. The number of amides is 1. The van der Waals surface area contributed by atoms with Crippen molar-refractivity contribution in [1.29, 1.82) is 0 Å². The van der Waals surface area contributed by atoms with Gasteiger partial charge in [0.15, 0.2) is 0 Å². The minimum Gasteiger partial charge on any atom is -0.495 e. The molecule has 2 saturated heterocycles. The Hall–Kier alpha value is -3.31. The van der Waals surface area contributed by atoms with Crippen molar-refractivity contribution < 1.29 is 22.7 Å². The van der Waals surface area contributed by atoms with Gasteiger partial charge in [-0.1, -0.05) is 17.9 Å². The number of hydrogen-bond acceptors (Lipinski definition) is 9. The number of benzene rings is 2. The van der Waals surface area contributed by atoms with Gasteiger partial charge >= 0.3 is 6.18 Å². The number of nitrogens with zero attached hydrogens (tertiary/aromatic N) is 4. The smallest absolute Gasteiger partial charge is 0.405 e. The summed E-state index contributed by atoms with van der Waals surface area (Å²) in [5.41, 5.74) is 3.01. The van der Waals surface area contributed by atoms with Crippen molar-refractivity contribution in [1.82, 2.24) is 14.7 Å². The van der Waals surface area contributed by atoms with Gasteiger partial charge in [0.2, 0.25) is 5.91 Å². The standard InChI is InChI=1S/C32H42F3N7O2S/c1-39-15-17-41(18-16-39)31(43)21-40-13-10-23(11-14-40)38-27-6-3-7-29-26(27)19-24(42(29)22-32(33,34)35)5-4-12-37-28-9-8-25(45-36)20-30(28)44-2/h3,6-9,20,23-24,37-38H,10-19,21-22,36H2,1-2H3. The van der Waals surface area contributed by atoms with Gasteiger partial charge in [-0.3, -0.25) is 14.8 Å². The van der Waals surface area contributed by atoms with Gasteiger partial charge in [-0.15, -0.1) is 0 Å². The first kappa shape index (κ1) is 33.1. The number of nitrogens with one attached hydrogen (secondary N) is 2. The van der Waals surface area contributed by atoms with Gasteiger partial charge in [-0.05, 0) is 62.2 Å². The summed E-state index contributed by atoms with van der Waals surface area (Å²) < 4.78 is 46.5. The van der Waals surface area contributed by atoms with E-state index in [1.54, 1.807) is 19.2 Å². The van der Waals surface area contributed by atoms with E-state index in [1.165, 1.54) is 4.90 Å². The average Bonchev–Trinajstić information content (AvgIpc) is 3.37. The van der Waals surface area contributed by atoms with Crippen LogP contribution in [0.25, 0.3) is 0 Å². The number of likely N-dealkylation sites (N-methyl/N-ethyl adjacent to an activating group) is 1. The summed E-state index contributed by atoms with van der Waals surface area (Å²) in [6, 6.07) is 10.6. The minimum atomic E-state index is -4.37. The van der Waals surface area contributed by atoms with Crippen molar-refractivity contribution in [3.8, 4) is 17.6 Å². The molecule has 1 atom stereocenters. The molecule has 0 radical (unpaired) electrons. The lowest BCUT2D eigenvalue weighted by atomic mass is 10.0. The molecule has 3 heterocycles. The Morgan fingerprint density at radius 2 is 1.84 bits per heavy atom. The maximum Gasteiger partial charge on any atom is 0.405 e. The van der Waals surface area contributed by atoms with Gasteiger partial charge in [0.25, 0.3) is 0 Å². The van der Waals surface area contributed by atoms with E-state index in [2.05, 4.69) is 39.3 Å². The zero-order valence-corrected chi connectivity index (χ0v) is 26.6. The number of anilines is 3. The molecule has 2 fully saturated rings. The zero-order valence-electron chi connectivity index (χ0n) is 25.8. The maximum atomic E-state index is 13.7. The maximum absolute atomic E-state index is 13.7. The van der Waals surface area contributed by atoms with E-state index in [1.807, 2.05) is 29.2 Å². The number of halogens is 3. The Bertz CT molecular complexity index is 1380. The quantitative estimate of drug-likeness (QED) is 0.279. The predicted molar refractivity (Wildman–Crippen MR) is 174 cm³/mol. The summed E-state index contributed by atoms with van der Waals surface area (Å²) in [5, 5.41) is 12.4. The molecule has 0 spiro atoms. The molecular weight excluding hydrogens is 603 g/mol. The van der Waals surface area contributed by atoms with Crippen LogP contribution >= 0.6 is 11.9 Å². The summed E-state index contributed by atoms with van der Waals surface area (Å²) >= 11 is 1.11. The third-order valence-corrected chi connectivity index (χ3v) is 9.22. The number of carbonyl (C=O) groups excluding carboxylic acids is 1. The van der Waals surface area contributed by atoms with Gasteiger partial charge in [0.05, 0.1) is 31.9 Å². The number of methoxy groups -OCH3 is 1. The van der Waals surface area contributed by atoms with Gasteiger partial charge in [-0.2, -0.15) is 13.2 Å². The molecular formula is C32H42F3N7O2S. The lowest BCUT2D eigenvalue weighted by molar-refractivity contribution is -0.134. The molecule has 0 bridgehead atoms. The molecule has 9 nitrogen and oxygen atoms in total. The molecule has 13 heteroatoms. The van der Waals surface area contributed by atoms with Crippen LogP contribution in [0.3, 0.4) is 0 Å². The fourth-order valence-corrected chi connectivity index (χ4v) is 6.51. The van der Waals surface area contributed by atoms with Crippen LogP contribution < -0.4 is 25.4 Å². The SMILES string of the molecule is COc1cc(SN)ccc1NCC#CC1Cc2c(NC3CCN(CC(=O)N4CCN(C)CC4)CC3)cccc2N1CC(F)(F)F. The van der Waals surface area contributed by atoms with E-state index < -0.39 is 18.8 Å². The first-order valence-electron chi connectivity index (χ1n) is 15.3. The molecule has 3 aliphatic heterocycles. The fourth-order valence-electron chi connectivity index (χ4n) is 6.18. The Balaban J connectivity index is 1.20. The molecule has 0 aliphatic carbocycles. The van der Waals surface area contributed by atoms with E-state index in [0.717, 1.165) is 85.9 Å². The summed E-state index contributed by atoms with van der Waals surface area (Å²) in [4.78, 5) is 21.4. The van der Waals surface area contributed by atoms with Crippen LogP contribution in [0, 0.1) is 11.8 Å². The molecule has 2 aromatic carbocycles. The van der Waals surface area contributed by atoms with Crippen LogP contribution in [0.5, 0.6) is 5.75 Å². The van der Waals surface area contributed by atoms with Crippen LogP contribution in [0.4, 0.5) is 30.2 Å². The van der Waals surface area contributed by atoms with Crippen molar-refractivity contribution in [2.24, 2.45) is 5.14 Å². The zero-order chi connectivity index (χ0) is 32.0. The second-order valence-electron chi connectivity index (χ2n) is 11.8. The van der Waals surface area contributed by atoms with E-state index in [4.69, 9.17) is 9.88 Å². The monoisotopic (exact) mass is 645 g/mol. The van der Waals surface area contributed by atoms with Crippen LogP contribution in [0.1, 0.15) is 18.4 Å². The van der Waals surface area contributed by atoms with Crippen LogP contribution in [0.2, 0.25) is 0 Å². The van der Waals surface area contributed by atoms with E-state index >= 15 is 0 Å². The highest BCUT2D eigenvalue weighted by Gasteiger charge is 2.39. The third kappa shape index (κ3) is 8.70. The molecule has 1 amide bonds. The fraction of sp³-hybridized carbons (Fsp3) is 0.531. The molecule has 1 unspecified atom stereocenters.